The van der Waals surface area contributed by atoms with E-state index >= 15 is 0 Å². The average Bonchev–Trinajstić information content (AvgIpc) is 3.33. The highest BCUT2D eigenvalue weighted by Gasteiger charge is 2.15. The molecule has 1 heterocycles. The monoisotopic (exact) mass is 329 g/mol. The lowest BCUT2D eigenvalue weighted by Crippen LogP contribution is -2.05. The minimum atomic E-state index is -1.10. The van der Waals surface area contributed by atoms with Crippen LogP contribution in [0.5, 0.6) is 11.5 Å². The zero-order valence-electron chi connectivity index (χ0n) is 12.4. The van der Waals surface area contributed by atoms with Gasteiger partial charge in [0.15, 0.2) is 5.76 Å². The maximum atomic E-state index is 12.0. The molecule has 6 heteroatoms. The Balaban J connectivity index is 1.62. The fraction of sp³-hybridized carbons (Fsp3) is 0.118. The number of hydrogen-bond donors (Lipinski definition) is 1. The van der Waals surface area contributed by atoms with Crippen molar-refractivity contribution in [2.24, 2.45) is 0 Å². The highest BCUT2D eigenvalue weighted by molar-refractivity contribution is 7.85. The van der Waals surface area contributed by atoms with E-state index in [1.807, 2.05) is 0 Å². The molecular formula is C17H15NO4S. The van der Waals surface area contributed by atoms with Crippen molar-refractivity contribution in [2.75, 3.05) is 11.1 Å². The SMILES string of the molecule is CC(=O)Nc1ccc(Oc2ccc(S(=O)CC3=CO3)cc2)cc1. The van der Waals surface area contributed by atoms with Crippen LogP contribution in [0.15, 0.2) is 65.4 Å². The molecule has 2 aromatic rings. The van der Waals surface area contributed by atoms with Crippen molar-refractivity contribution in [1.29, 1.82) is 0 Å². The Hall–Kier alpha value is -2.60. The Bertz CT molecular complexity index is 766. The van der Waals surface area contributed by atoms with Crippen molar-refractivity contribution >= 4 is 22.4 Å². The maximum absolute atomic E-state index is 12.0. The summed E-state index contributed by atoms with van der Waals surface area (Å²) in [4.78, 5) is 11.7. The van der Waals surface area contributed by atoms with E-state index in [0.717, 1.165) is 10.7 Å². The van der Waals surface area contributed by atoms with E-state index in [0.29, 0.717) is 22.9 Å². The lowest BCUT2D eigenvalue weighted by Gasteiger charge is -2.08. The van der Waals surface area contributed by atoms with Gasteiger partial charge in [-0.2, -0.15) is 0 Å². The first kappa shape index (κ1) is 15.3. The summed E-state index contributed by atoms with van der Waals surface area (Å²) in [7, 11) is -1.10. The summed E-state index contributed by atoms with van der Waals surface area (Å²) >= 11 is 0. The highest BCUT2D eigenvalue weighted by Crippen LogP contribution is 2.25. The largest absolute Gasteiger partial charge is 0.462 e. The molecular weight excluding hydrogens is 314 g/mol. The second kappa shape index (κ2) is 6.66. The fourth-order valence-corrected chi connectivity index (χ4v) is 2.93. The molecule has 1 aliphatic rings. The smallest absolute Gasteiger partial charge is 0.221 e. The first-order chi connectivity index (χ1) is 11.1. The standard InChI is InChI=1S/C17H15NO4S/c1-12(19)18-13-2-4-14(5-3-13)22-15-6-8-17(9-7-15)23(20)11-16-10-21-16/h2-10H,11H2,1H3,(H,18,19). The van der Waals surface area contributed by atoms with Gasteiger partial charge in [0.25, 0.3) is 0 Å². The minimum Gasteiger partial charge on any atom is -0.462 e. The molecule has 5 nitrogen and oxygen atoms in total. The quantitative estimate of drug-likeness (QED) is 0.882. The van der Waals surface area contributed by atoms with Gasteiger partial charge in [0.2, 0.25) is 5.91 Å². The van der Waals surface area contributed by atoms with Gasteiger partial charge in [-0.25, -0.2) is 0 Å². The molecule has 0 saturated heterocycles. The van der Waals surface area contributed by atoms with Crippen LogP contribution in [0.3, 0.4) is 0 Å². The third kappa shape index (κ3) is 4.43. The van der Waals surface area contributed by atoms with Gasteiger partial charge in [0.05, 0.1) is 16.6 Å². The van der Waals surface area contributed by atoms with Gasteiger partial charge in [0, 0.05) is 17.5 Å². The number of hydrogen-bond acceptors (Lipinski definition) is 4. The molecule has 0 aromatic heterocycles. The summed E-state index contributed by atoms with van der Waals surface area (Å²) in [6.07, 6.45) is 1.60. The second-order valence-electron chi connectivity index (χ2n) is 4.97. The van der Waals surface area contributed by atoms with Crippen LogP contribution >= 0.6 is 0 Å². The Morgan fingerprint density at radius 2 is 1.65 bits per heavy atom. The minimum absolute atomic E-state index is 0.116. The van der Waals surface area contributed by atoms with E-state index in [1.165, 1.54) is 6.92 Å². The highest BCUT2D eigenvalue weighted by atomic mass is 32.2. The van der Waals surface area contributed by atoms with Crippen molar-refractivity contribution in [3.8, 4) is 11.5 Å². The van der Waals surface area contributed by atoms with Crippen LogP contribution in [-0.4, -0.2) is 15.9 Å². The molecule has 0 bridgehead atoms. The topological polar surface area (TPSA) is 67.9 Å². The summed E-state index contributed by atoms with van der Waals surface area (Å²) in [5.74, 6) is 2.37. The predicted molar refractivity (Wildman–Crippen MR) is 87.7 cm³/mol. The van der Waals surface area contributed by atoms with Crippen LogP contribution in [0.1, 0.15) is 6.92 Å². The molecule has 118 valence electrons. The van der Waals surface area contributed by atoms with E-state index in [-0.39, 0.29) is 5.91 Å². The molecule has 2 aromatic carbocycles. The van der Waals surface area contributed by atoms with Crippen molar-refractivity contribution in [3.63, 3.8) is 0 Å². The molecule has 0 spiro atoms. The molecule has 1 N–H and O–H groups in total. The normalized spacial score (nSPS) is 13.5. The summed E-state index contributed by atoms with van der Waals surface area (Å²) in [6.45, 7) is 1.46. The number of amides is 1. The Morgan fingerprint density at radius 3 is 2.17 bits per heavy atom. The molecule has 0 aliphatic carbocycles. The molecule has 0 radical (unpaired) electrons. The number of benzene rings is 2. The molecule has 23 heavy (non-hydrogen) atoms. The van der Waals surface area contributed by atoms with E-state index in [9.17, 15) is 9.00 Å². The van der Waals surface area contributed by atoms with Gasteiger partial charge in [0.1, 0.15) is 17.8 Å². The Morgan fingerprint density at radius 1 is 1.09 bits per heavy atom. The number of carbonyl (C=O) groups is 1. The molecule has 1 amide bonds. The number of anilines is 1. The van der Waals surface area contributed by atoms with Crippen LogP contribution < -0.4 is 10.1 Å². The molecule has 0 saturated carbocycles. The number of carbonyl (C=O) groups excluding carboxylic acids is 1. The van der Waals surface area contributed by atoms with E-state index in [1.54, 1.807) is 54.8 Å². The number of rotatable bonds is 6. The maximum Gasteiger partial charge on any atom is 0.221 e. The Labute approximate surface area is 136 Å². The first-order valence-corrected chi connectivity index (χ1v) is 8.32. The van der Waals surface area contributed by atoms with Crippen LogP contribution in [0.4, 0.5) is 5.69 Å². The zero-order valence-corrected chi connectivity index (χ0v) is 13.3. The van der Waals surface area contributed by atoms with E-state index in [4.69, 9.17) is 9.47 Å². The summed E-state index contributed by atoms with van der Waals surface area (Å²) in [6, 6.07) is 14.2. The third-order valence-corrected chi connectivity index (χ3v) is 4.40. The van der Waals surface area contributed by atoms with E-state index in [2.05, 4.69) is 5.32 Å². The van der Waals surface area contributed by atoms with Crippen LogP contribution in [0, 0.1) is 0 Å². The summed E-state index contributed by atoms with van der Waals surface area (Å²) in [5, 5.41) is 2.69. The lowest BCUT2D eigenvalue weighted by molar-refractivity contribution is -0.114. The number of nitrogens with one attached hydrogen (secondary N) is 1. The lowest BCUT2D eigenvalue weighted by atomic mass is 10.3. The van der Waals surface area contributed by atoms with Crippen LogP contribution in [0.25, 0.3) is 0 Å². The van der Waals surface area contributed by atoms with Gasteiger partial charge in [-0.1, -0.05) is 0 Å². The third-order valence-electron chi connectivity index (χ3n) is 3.05. The van der Waals surface area contributed by atoms with Crippen molar-refractivity contribution in [1.82, 2.24) is 0 Å². The molecule has 1 aliphatic heterocycles. The first-order valence-electron chi connectivity index (χ1n) is 7.00. The molecule has 3 rings (SSSR count). The van der Waals surface area contributed by atoms with E-state index < -0.39 is 10.8 Å². The van der Waals surface area contributed by atoms with Crippen LogP contribution in [-0.2, 0) is 20.3 Å². The van der Waals surface area contributed by atoms with Gasteiger partial charge in [-0.3, -0.25) is 9.00 Å². The second-order valence-corrected chi connectivity index (χ2v) is 6.42. The zero-order chi connectivity index (χ0) is 16.2. The summed E-state index contributed by atoms with van der Waals surface area (Å²) in [5.41, 5.74) is 0.715. The van der Waals surface area contributed by atoms with Crippen molar-refractivity contribution in [2.45, 2.75) is 11.8 Å². The molecule has 1 unspecified atom stereocenters. The summed E-state index contributed by atoms with van der Waals surface area (Å²) < 4.78 is 22.6. The van der Waals surface area contributed by atoms with Gasteiger partial charge in [-0.15, -0.1) is 0 Å². The Kier molecular flexibility index (Phi) is 4.43. The van der Waals surface area contributed by atoms with Gasteiger partial charge in [-0.05, 0) is 48.5 Å². The van der Waals surface area contributed by atoms with Crippen molar-refractivity contribution < 1.29 is 18.5 Å². The fourth-order valence-electron chi connectivity index (χ4n) is 1.93. The molecule has 1 atom stereocenters. The molecule has 0 fully saturated rings. The van der Waals surface area contributed by atoms with Crippen molar-refractivity contribution in [3.05, 3.63) is 60.6 Å². The van der Waals surface area contributed by atoms with Gasteiger partial charge >= 0.3 is 0 Å². The van der Waals surface area contributed by atoms with Gasteiger partial charge < -0.3 is 14.8 Å². The average molecular weight is 329 g/mol. The van der Waals surface area contributed by atoms with Crippen LogP contribution in [0.2, 0.25) is 0 Å². The number of ether oxygens (including phenoxy) is 2. The predicted octanol–water partition coefficient (Wildman–Crippen LogP) is 3.42.